The number of carbonyl (C=O) groups is 2. The fraction of sp³-hybridized carbons (Fsp3) is 0.429. The highest BCUT2D eigenvalue weighted by atomic mass is 32.1. The molecule has 6 heteroatoms. The van der Waals surface area contributed by atoms with Gasteiger partial charge in [0.2, 0.25) is 5.91 Å². The average Bonchev–Trinajstić information content (AvgIpc) is 3.20. The molecule has 1 aromatic heterocycles. The molecule has 144 valence electrons. The van der Waals surface area contributed by atoms with Gasteiger partial charge < -0.3 is 15.4 Å². The summed E-state index contributed by atoms with van der Waals surface area (Å²) in [5.41, 5.74) is 1.88. The summed E-state index contributed by atoms with van der Waals surface area (Å²) < 4.78 is 4.81. The van der Waals surface area contributed by atoms with Crippen molar-refractivity contribution in [3.05, 3.63) is 46.2 Å². The third kappa shape index (κ3) is 5.57. The molecular formula is C21H26N2O3S. The predicted octanol–water partition coefficient (Wildman–Crippen LogP) is 4.71. The number of rotatable bonds is 7. The van der Waals surface area contributed by atoms with Gasteiger partial charge in [0.25, 0.3) is 0 Å². The number of nitrogens with one attached hydrogen (secondary N) is 2. The van der Waals surface area contributed by atoms with Crippen molar-refractivity contribution in [1.29, 1.82) is 0 Å². The number of methoxy groups -OCH3 is 1. The molecule has 0 bridgehead atoms. The fourth-order valence-corrected chi connectivity index (χ4v) is 4.16. The molecule has 5 nitrogen and oxygen atoms in total. The molecule has 1 aliphatic carbocycles. The van der Waals surface area contributed by atoms with Crippen LogP contribution in [-0.4, -0.2) is 25.5 Å². The zero-order valence-electron chi connectivity index (χ0n) is 15.6. The van der Waals surface area contributed by atoms with Crippen molar-refractivity contribution in [1.82, 2.24) is 0 Å². The summed E-state index contributed by atoms with van der Waals surface area (Å²) in [4.78, 5) is 25.3. The largest absolute Gasteiger partial charge is 0.465 e. The molecule has 0 radical (unpaired) electrons. The van der Waals surface area contributed by atoms with E-state index in [4.69, 9.17) is 4.74 Å². The lowest BCUT2D eigenvalue weighted by molar-refractivity contribution is -0.115. The number of thiophene rings is 1. The Hall–Kier alpha value is -2.34. The molecule has 0 unspecified atom stereocenters. The van der Waals surface area contributed by atoms with Gasteiger partial charge in [0.05, 0.1) is 30.5 Å². The summed E-state index contributed by atoms with van der Waals surface area (Å²) in [7, 11) is 1.35. The molecule has 2 aromatic rings. The maximum absolute atomic E-state index is 12.4. The molecule has 1 aliphatic rings. The highest BCUT2D eigenvalue weighted by Gasteiger charge is 2.16. The van der Waals surface area contributed by atoms with Crippen molar-refractivity contribution < 1.29 is 14.3 Å². The van der Waals surface area contributed by atoms with Crippen molar-refractivity contribution in [2.75, 3.05) is 24.3 Å². The monoisotopic (exact) mass is 386 g/mol. The van der Waals surface area contributed by atoms with E-state index in [1.165, 1.54) is 39.2 Å². The summed E-state index contributed by atoms with van der Waals surface area (Å²) in [6.45, 7) is 0.880. The smallest absolute Gasteiger partial charge is 0.337 e. The van der Waals surface area contributed by atoms with E-state index in [0.717, 1.165) is 17.1 Å². The number of anilines is 2. The topological polar surface area (TPSA) is 67.4 Å². The first-order chi connectivity index (χ1) is 13.2. The Morgan fingerprint density at radius 3 is 2.67 bits per heavy atom. The van der Waals surface area contributed by atoms with Gasteiger partial charge in [-0.1, -0.05) is 25.3 Å². The molecule has 0 spiro atoms. The second-order valence-electron chi connectivity index (χ2n) is 6.94. The summed E-state index contributed by atoms with van der Waals surface area (Å²) in [6, 6.07) is 9.13. The Morgan fingerprint density at radius 1 is 1.15 bits per heavy atom. The van der Waals surface area contributed by atoms with E-state index in [-0.39, 0.29) is 5.91 Å². The van der Waals surface area contributed by atoms with Crippen molar-refractivity contribution in [2.45, 2.75) is 38.5 Å². The molecule has 3 rings (SSSR count). The average molecular weight is 387 g/mol. The van der Waals surface area contributed by atoms with E-state index >= 15 is 0 Å². The number of esters is 1. The molecule has 1 heterocycles. The van der Waals surface area contributed by atoms with E-state index < -0.39 is 5.97 Å². The molecule has 0 saturated heterocycles. The first kappa shape index (κ1) is 19.4. The molecule has 0 aliphatic heterocycles. The van der Waals surface area contributed by atoms with Gasteiger partial charge in [0.1, 0.15) is 0 Å². The van der Waals surface area contributed by atoms with Crippen molar-refractivity contribution in [2.24, 2.45) is 5.92 Å². The lowest BCUT2D eigenvalue weighted by atomic mass is 9.89. The van der Waals surface area contributed by atoms with Crippen molar-refractivity contribution in [3.63, 3.8) is 0 Å². The van der Waals surface area contributed by atoms with Crippen LogP contribution in [0.25, 0.3) is 0 Å². The van der Waals surface area contributed by atoms with Crippen molar-refractivity contribution in [3.8, 4) is 0 Å². The first-order valence-electron chi connectivity index (χ1n) is 9.44. The Morgan fingerprint density at radius 2 is 1.96 bits per heavy atom. The van der Waals surface area contributed by atoms with Gasteiger partial charge in [0.15, 0.2) is 0 Å². The van der Waals surface area contributed by atoms with Crippen LogP contribution in [0.2, 0.25) is 0 Å². The Labute approximate surface area is 164 Å². The van der Waals surface area contributed by atoms with Crippen LogP contribution in [0.3, 0.4) is 0 Å². The van der Waals surface area contributed by atoms with Gasteiger partial charge in [-0.25, -0.2) is 4.79 Å². The molecule has 1 fully saturated rings. The van der Waals surface area contributed by atoms with Gasteiger partial charge in [-0.2, -0.15) is 0 Å². The number of ether oxygens (including phenoxy) is 1. The van der Waals surface area contributed by atoms with E-state index in [2.05, 4.69) is 10.6 Å². The maximum Gasteiger partial charge on any atom is 0.337 e. The Balaban J connectivity index is 1.72. The minimum absolute atomic E-state index is 0.0971. The zero-order valence-corrected chi connectivity index (χ0v) is 16.4. The molecule has 27 heavy (non-hydrogen) atoms. The third-order valence-corrected chi connectivity index (χ3v) is 5.81. The fourth-order valence-electron chi connectivity index (χ4n) is 3.46. The first-order valence-corrected chi connectivity index (χ1v) is 10.3. The van der Waals surface area contributed by atoms with Gasteiger partial charge in [0, 0.05) is 11.4 Å². The quantitative estimate of drug-likeness (QED) is 0.677. The molecule has 1 aromatic carbocycles. The summed E-state index contributed by atoms with van der Waals surface area (Å²) >= 11 is 1.56. The van der Waals surface area contributed by atoms with Crippen LogP contribution in [0.4, 0.5) is 11.4 Å². The van der Waals surface area contributed by atoms with Crippen LogP contribution in [0.5, 0.6) is 0 Å². The minimum Gasteiger partial charge on any atom is -0.465 e. The normalized spacial score (nSPS) is 14.6. The molecule has 1 amide bonds. The highest BCUT2D eigenvalue weighted by Crippen LogP contribution is 2.28. The second-order valence-corrected chi connectivity index (χ2v) is 7.97. The second kappa shape index (κ2) is 9.55. The zero-order chi connectivity index (χ0) is 19.1. The molecule has 1 saturated carbocycles. The molecule has 2 N–H and O–H groups in total. The number of hydrogen-bond donors (Lipinski definition) is 2. The van der Waals surface area contributed by atoms with Crippen LogP contribution in [0.1, 0.15) is 47.3 Å². The van der Waals surface area contributed by atoms with Gasteiger partial charge >= 0.3 is 5.97 Å². The van der Waals surface area contributed by atoms with Crippen LogP contribution < -0.4 is 10.6 Å². The minimum atomic E-state index is -0.414. The number of carbonyl (C=O) groups excluding carboxylic acids is 2. The van der Waals surface area contributed by atoms with E-state index in [1.54, 1.807) is 23.5 Å². The van der Waals surface area contributed by atoms with E-state index in [1.807, 2.05) is 23.6 Å². The maximum atomic E-state index is 12.4. The van der Waals surface area contributed by atoms with E-state index in [9.17, 15) is 9.59 Å². The standard InChI is InChI=1S/C21H26N2O3S/c1-26-21(25)16-9-10-18(22-14-15-6-3-2-4-7-15)19(12-16)23-20(24)13-17-8-5-11-27-17/h5,8-12,15,22H,2-4,6-7,13-14H2,1H3,(H,23,24). The van der Waals surface area contributed by atoms with Crippen LogP contribution in [0, 0.1) is 5.92 Å². The lowest BCUT2D eigenvalue weighted by Crippen LogP contribution is -2.20. The van der Waals surface area contributed by atoms with Gasteiger partial charge in [-0.3, -0.25) is 4.79 Å². The van der Waals surface area contributed by atoms with Gasteiger partial charge in [-0.05, 0) is 48.4 Å². The van der Waals surface area contributed by atoms with Crippen molar-refractivity contribution >= 4 is 34.6 Å². The van der Waals surface area contributed by atoms with Gasteiger partial charge in [-0.15, -0.1) is 11.3 Å². The number of hydrogen-bond acceptors (Lipinski definition) is 5. The number of benzene rings is 1. The van der Waals surface area contributed by atoms with Crippen LogP contribution >= 0.6 is 11.3 Å². The Bertz CT molecular complexity index is 768. The number of amides is 1. The molecular weight excluding hydrogens is 360 g/mol. The summed E-state index contributed by atoms with van der Waals surface area (Å²) in [5.74, 6) is 0.150. The highest BCUT2D eigenvalue weighted by molar-refractivity contribution is 7.10. The predicted molar refractivity (Wildman–Crippen MR) is 109 cm³/mol. The van der Waals surface area contributed by atoms with Crippen LogP contribution in [0.15, 0.2) is 35.7 Å². The van der Waals surface area contributed by atoms with Crippen LogP contribution in [-0.2, 0) is 16.0 Å². The SMILES string of the molecule is COC(=O)c1ccc(NCC2CCCCC2)c(NC(=O)Cc2cccs2)c1. The summed E-state index contributed by atoms with van der Waals surface area (Å²) in [6.07, 6.45) is 6.72. The summed E-state index contributed by atoms with van der Waals surface area (Å²) in [5, 5.41) is 8.38. The third-order valence-electron chi connectivity index (χ3n) is 4.94. The Kier molecular flexibility index (Phi) is 6.87. The lowest BCUT2D eigenvalue weighted by Gasteiger charge is -2.23. The molecule has 0 atom stereocenters. The van der Waals surface area contributed by atoms with E-state index in [0.29, 0.717) is 23.6 Å².